The Morgan fingerprint density at radius 2 is 1.52 bits per heavy atom. The maximum absolute atomic E-state index is 8.75. The van der Waals surface area contributed by atoms with E-state index >= 15 is 0 Å². The van der Waals surface area contributed by atoms with Crippen molar-refractivity contribution in [1.82, 2.24) is 4.90 Å². The van der Waals surface area contributed by atoms with Crippen LogP contribution in [0.1, 0.15) is 37.3 Å². The van der Waals surface area contributed by atoms with E-state index in [1.807, 2.05) is 0 Å². The molecule has 1 aliphatic rings. The fourth-order valence-electron chi connectivity index (χ4n) is 3.87. The molecule has 130 valence electrons. The van der Waals surface area contributed by atoms with E-state index in [-0.39, 0.29) is 6.04 Å². The van der Waals surface area contributed by atoms with Crippen molar-refractivity contribution in [3.8, 4) is 0 Å². The van der Waals surface area contributed by atoms with Gasteiger partial charge in [-0.05, 0) is 41.8 Å². The van der Waals surface area contributed by atoms with Gasteiger partial charge in [-0.3, -0.25) is 4.90 Å². The van der Waals surface area contributed by atoms with Gasteiger partial charge < -0.3 is 0 Å². The second kappa shape index (κ2) is 8.70. The van der Waals surface area contributed by atoms with Crippen molar-refractivity contribution in [3.63, 3.8) is 0 Å². The molecule has 4 nitrogen and oxygen atoms in total. The smallest absolute Gasteiger partial charge is 0.0400 e. The van der Waals surface area contributed by atoms with E-state index in [1.165, 1.54) is 11.1 Å². The van der Waals surface area contributed by atoms with Crippen molar-refractivity contribution in [2.24, 2.45) is 11.0 Å². The molecule has 4 heteroatoms. The van der Waals surface area contributed by atoms with Gasteiger partial charge in [-0.1, -0.05) is 72.7 Å². The van der Waals surface area contributed by atoms with Crippen LogP contribution in [0.25, 0.3) is 10.4 Å². The lowest BCUT2D eigenvalue weighted by Gasteiger charge is -2.39. The summed E-state index contributed by atoms with van der Waals surface area (Å²) >= 11 is 0. The molecule has 1 saturated carbocycles. The zero-order valence-corrected chi connectivity index (χ0v) is 14.8. The molecule has 25 heavy (non-hydrogen) atoms. The summed E-state index contributed by atoms with van der Waals surface area (Å²) in [6.45, 7) is 4.13. The minimum atomic E-state index is 0.150. The zero-order chi connectivity index (χ0) is 17.5. The van der Waals surface area contributed by atoms with Crippen LogP contribution in [-0.2, 0) is 13.1 Å². The van der Waals surface area contributed by atoms with E-state index in [0.717, 1.165) is 32.4 Å². The summed E-state index contributed by atoms with van der Waals surface area (Å²) in [6, 6.07) is 22.1. The highest BCUT2D eigenvalue weighted by atomic mass is 15.2. The molecule has 3 atom stereocenters. The average molecular weight is 334 g/mol. The average Bonchev–Trinajstić information content (AvgIpc) is 2.65. The summed E-state index contributed by atoms with van der Waals surface area (Å²) in [4.78, 5) is 5.62. The molecule has 0 bridgehead atoms. The van der Waals surface area contributed by atoms with E-state index in [0.29, 0.717) is 12.0 Å². The minimum Gasteiger partial charge on any atom is -0.292 e. The predicted octanol–water partition coefficient (Wildman–Crippen LogP) is 5.56. The molecule has 0 heterocycles. The first-order valence-corrected chi connectivity index (χ1v) is 9.12. The van der Waals surface area contributed by atoms with Crippen molar-refractivity contribution in [2.75, 3.05) is 0 Å². The van der Waals surface area contributed by atoms with Crippen molar-refractivity contribution in [1.29, 1.82) is 0 Å². The highest BCUT2D eigenvalue weighted by Gasteiger charge is 2.30. The van der Waals surface area contributed by atoms with Crippen LogP contribution in [0.2, 0.25) is 0 Å². The lowest BCUT2D eigenvalue weighted by Crippen LogP contribution is -2.41. The molecule has 2 aromatic carbocycles. The number of azide groups is 1. The minimum absolute atomic E-state index is 0.150. The van der Waals surface area contributed by atoms with E-state index in [1.54, 1.807) is 0 Å². The summed E-state index contributed by atoms with van der Waals surface area (Å²) in [5.74, 6) is 0.434. The molecule has 1 aliphatic carbocycles. The quantitative estimate of drug-likeness (QED) is 0.388. The molecule has 2 aromatic rings. The first-order chi connectivity index (χ1) is 12.3. The summed E-state index contributed by atoms with van der Waals surface area (Å²) in [5, 5.41) is 3.99. The van der Waals surface area contributed by atoms with Gasteiger partial charge in [0.15, 0.2) is 0 Å². The van der Waals surface area contributed by atoms with Crippen LogP contribution in [0.3, 0.4) is 0 Å². The molecular formula is C21H26N4. The van der Waals surface area contributed by atoms with Crippen molar-refractivity contribution in [3.05, 3.63) is 82.2 Å². The summed E-state index contributed by atoms with van der Waals surface area (Å²) in [7, 11) is 0. The van der Waals surface area contributed by atoms with Gasteiger partial charge in [0, 0.05) is 30.1 Å². The van der Waals surface area contributed by atoms with Crippen LogP contribution in [0.4, 0.5) is 0 Å². The second-order valence-electron chi connectivity index (χ2n) is 7.09. The lowest BCUT2D eigenvalue weighted by atomic mass is 9.82. The van der Waals surface area contributed by atoms with Crippen LogP contribution >= 0.6 is 0 Å². The topological polar surface area (TPSA) is 52.0 Å². The van der Waals surface area contributed by atoms with Crippen molar-refractivity contribution >= 4 is 0 Å². The number of rotatable bonds is 6. The Balaban J connectivity index is 1.75. The number of hydrogen-bond acceptors (Lipinski definition) is 2. The fourth-order valence-corrected chi connectivity index (χ4v) is 3.87. The van der Waals surface area contributed by atoms with E-state index < -0.39 is 0 Å². The molecule has 0 amide bonds. The van der Waals surface area contributed by atoms with E-state index in [9.17, 15) is 0 Å². The largest absolute Gasteiger partial charge is 0.292 e. The normalized spacial score (nSPS) is 23.2. The molecule has 0 N–H and O–H groups in total. The summed E-state index contributed by atoms with van der Waals surface area (Å²) < 4.78 is 0. The number of nitrogens with zero attached hydrogens (tertiary/aromatic N) is 4. The highest BCUT2D eigenvalue weighted by molar-refractivity contribution is 5.17. The van der Waals surface area contributed by atoms with Gasteiger partial charge in [-0.15, -0.1) is 0 Å². The predicted molar refractivity (Wildman–Crippen MR) is 102 cm³/mol. The van der Waals surface area contributed by atoms with Gasteiger partial charge in [0.05, 0.1) is 0 Å². The molecule has 0 unspecified atom stereocenters. The van der Waals surface area contributed by atoms with Gasteiger partial charge >= 0.3 is 0 Å². The maximum Gasteiger partial charge on any atom is 0.0400 e. The van der Waals surface area contributed by atoms with E-state index in [4.69, 9.17) is 5.53 Å². The Hall–Kier alpha value is -2.29. The van der Waals surface area contributed by atoms with Crippen molar-refractivity contribution in [2.45, 2.75) is 51.4 Å². The third-order valence-electron chi connectivity index (χ3n) is 5.27. The monoisotopic (exact) mass is 334 g/mol. The van der Waals surface area contributed by atoms with Crippen LogP contribution in [0.5, 0.6) is 0 Å². The summed E-state index contributed by atoms with van der Waals surface area (Å²) in [5.41, 5.74) is 11.4. The number of benzene rings is 2. The highest BCUT2D eigenvalue weighted by Crippen LogP contribution is 2.31. The van der Waals surface area contributed by atoms with E-state index in [2.05, 4.69) is 82.5 Å². The van der Waals surface area contributed by atoms with Gasteiger partial charge in [0.25, 0.3) is 0 Å². The molecule has 1 fully saturated rings. The third-order valence-corrected chi connectivity index (χ3v) is 5.27. The SMILES string of the molecule is C[C@H]1C[C@@H](N(Cc2ccccc2)Cc2ccccc2)CC[C@@H]1N=[N+]=[N-]. The first-order valence-electron chi connectivity index (χ1n) is 9.12. The zero-order valence-electron chi connectivity index (χ0n) is 14.8. The van der Waals surface area contributed by atoms with Gasteiger partial charge in [0.2, 0.25) is 0 Å². The van der Waals surface area contributed by atoms with Crippen LogP contribution in [0.15, 0.2) is 65.8 Å². The molecule has 3 rings (SSSR count). The third kappa shape index (κ3) is 4.85. The van der Waals surface area contributed by atoms with Gasteiger partial charge in [-0.2, -0.15) is 0 Å². The number of hydrogen-bond donors (Lipinski definition) is 0. The fraction of sp³-hybridized carbons (Fsp3) is 0.429. The maximum atomic E-state index is 8.75. The summed E-state index contributed by atoms with van der Waals surface area (Å²) in [6.07, 6.45) is 3.16. The molecule has 0 aromatic heterocycles. The molecule has 0 aliphatic heterocycles. The Morgan fingerprint density at radius 1 is 0.960 bits per heavy atom. The Labute approximate surface area is 150 Å². The Bertz CT molecular complexity index is 653. The molecule has 0 saturated heterocycles. The Morgan fingerprint density at radius 3 is 2.00 bits per heavy atom. The van der Waals surface area contributed by atoms with Gasteiger partial charge in [0.1, 0.15) is 0 Å². The standard InChI is InChI=1S/C21H26N4/c1-17-14-20(12-13-21(17)23-24-22)25(15-18-8-4-2-5-9-18)16-19-10-6-3-7-11-19/h2-11,17,20-21H,12-16H2,1H3/t17-,20-,21-/m0/s1. The van der Waals surface area contributed by atoms with Crippen molar-refractivity contribution < 1.29 is 0 Å². The van der Waals surface area contributed by atoms with Crippen LogP contribution in [-0.4, -0.2) is 17.0 Å². The molecule has 0 spiro atoms. The van der Waals surface area contributed by atoms with Crippen LogP contribution < -0.4 is 0 Å². The lowest BCUT2D eigenvalue weighted by molar-refractivity contribution is 0.110. The Kier molecular flexibility index (Phi) is 6.10. The van der Waals surface area contributed by atoms with Crippen LogP contribution in [0, 0.1) is 5.92 Å². The molecular weight excluding hydrogens is 308 g/mol. The second-order valence-corrected chi connectivity index (χ2v) is 7.09. The molecule has 0 radical (unpaired) electrons. The van der Waals surface area contributed by atoms with Gasteiger partial charge in [-0.25, -0.2) is 0 Å². The first kappa shape index (κ1) is 17.5.